The third-order valence-electron chi connectivity index (χ3n) is 4.06. The zero-order valence-corrected chi connectivity index (χ0v) is 11.0. The molecule has 4 nitrogen and oxygen atoms in total. The fourth-order valence-corrected chi connectivity index (χ4v) is 2.78. The van der Waals surface area contributed by atoms with Crippen LogP contribution in [-0.4, -0.2) is 50.2 Å². The van der Waals surface area contributed by atoms with Gasteiger partial charge in [-0.2, -0.15) is 0 Å². The molecule has 0 saturated carbocycles. The lowest BCUT2D eigenvalue weighted by atomic mass is 9.87. The van der Waals surface area contributed by atoms with Crippen molar-refractivity contribution in [3.63, 3.8) is 0 Å². The van der Waals surface area contributed by atoms with E-state index >= 15 is 0 Å². The minimum atomic E-state index is -0.185. The number of rotatable bonds is 4. The van der Waals surface area contributed by atoms with Crippen molar-refractivity contribution in [1.29, 1.82) is 0 Å². The van der Waals surface area contributed by atoms with E-state index in [1.165, 1.54) is 0 Å². The molecule has 2 fully saturated rings. The van der Waals surface area contributed by atoms with Crippen LogP contribution in [0, 0.1) is 11.3 Å². The van der Waals surface area contributed by atoms with Gasteiger partial charge in [0.25, 0.3) is 0 Å². The van der Waals surface area contributed by atoms with Crippen LogP contribution in [0.5, 0.6) is 0 Å². The molecule has 2 rings (SSSR count). The highest BCUT2D eigenvalue weighted by Gasteiger charge is 2.39. The molecule has 0 aromatic carbocycles. The van der Waals surface area contributed by atoms with Crippen molar-refractivity contribution in [3.8, 4) is 0 Å². The molecule has 0 aromatic heterocycles. The van der Waals surface area contributed by atoms with Gasteiger partial charge in [0.05, 0.1) is 12.0 Å². The summed E-state index contributed by atoms with van der Waals surface area (Å²) in [7, 11) is 0. The number of hydrogen-bond acceptors (Lipinski definition) is 3. The summed E-state index contributed by atoms with van der Waals surface area (Å²) in [6, 6.07) is 0. The van der Waals surface area contributed by atoms with E-state index in [-0.39, 0.29) is 5.41 Å². The molecule has 0 aromatic rings. The summed E-state index contributed by atoms with van der Waals surface area (Å²) in [5, 5.41) is 3.29. The molecule has 0 radical (unpaired) electrons. The topological polar surface area (TPSA) is 41.6 Å². The molecule has 2 atom stereocenters. The van der Waals surface area contributed by atoms with Gasteiger partial charge in [0.2, 0.25) is 5.91 Å². The minimum Gasteiger partial charge on any atom is -0.381 e. The van der Waals surface area contributed by atoms with E-state index in [4.69, 9.17) is 4.74 Å². The second-order valence-corrected chi connectivity index (χ2v) is 5.56. The average molecular weight is 240 g/mol. The highest BCUT2D eigenvalue weighted by molar-refractivity contribution is 5.83. The van der Waals surface area contributed by atoms with Crippen LogP contribution in [0.4, 0.5) is 0 Å². The van der Waals surface area contributed by atoms with Crippen LogP contribution in [0.15, 0.2) is 0 Å². The summed E-state index contributed by atoms with van der Waals surface area (Å²) >= 11 is 0. The van der Waals surface area contributed by atoms with Gasteiger partial charge in [-0.15, -0.1) is 0 Å². The lowest BCUT2D eigenvalue weighted by Gasteiger charge is -2.32. The Balaban J connectivity index is 1.94. The molecule has 0 aliphatic carbocycles. The summed E-state index contributed by atoms with van der Waals surface area (Å²) in [5.41, 5.74) is -0.185. The van der Waals surface area contributed by atoms with Gasteiger partial charge < -0.3 is 15.0 Å². The lowest BCUT2D eigenvalue weighted by Crippen LogP contribution is -2.45. The van der Waals surface area contributed by atoms with Crippen LogP contribution in [0.25, 0.3) is 0 Å². The third-order valence-corrected chi connectivity index (χ3v) is 4.06. The summed E-state index contributed by atoms with van der Waals surface area (Å²) < 4.78 is 5.38. The van der Waals surface area contributed by atoms with Crippen molar-refractivity contribution in [3.05, 3.63) is 0 Å². The molecule has 0 bridgehead atoms. The SMILES string of the molecule is CCN(CC1CCOC1)C(=O)C1(C)CCNC1. The molecule has 2 unspecified atom stereocenters. The van der Waals surface area contributed by atoms with Crippen molar-refractivity contribution in [1.82, 2.24) is 10.2 Å². The molecular formula is C13H24N2O2. The Morgan fingerprint density at radius 1 is 1.59 bits per heavy atom. The maximum Gasteiger partial charge on any atom is 0.229 e. The number of amides is 1. The predicted molar refractivity (Wildman–Crippen MR) is 66.8 cm³/mol. The van der Waals surface area contributed by atoms with Crippen LogP contribution in [0.1, 0.15) is 26.7 Å². The minimum absolute atomic E-state index is 0.185. The van der Waals surface area contributed by atoms with Gasteiger partial charge in [0, 0.05) is 32.2 Å². The van der Waals surface area contributed by atoms with Gasteiger partial charge in [-0.3, -0.25) is 4.79 Å². The first-order chi connectivity index (χ1) is 8.15. The zero-order valence-electron chi connectivity index (χ0n) is 11.0. The van der Waals surface area contributed by atoms with Gasteiger partial charge in [0.15, 0.2) is 0 Å². The second-order valence-electron chi connectivity index (χ2n) is 5.56. The highest BCUT2D eigenvalue weighted by atomic mass is 16.5. The second kappa shape index (κ2) is 5.36. The van der Waals surface area contributed by atoms with Crippen molar-refractivity contribution >= 4 is 5.91 Å². The summed E-state index contributed by atoms with van der Waals surface area (Å²) in [6.07, 6.45) is 2.06. The molecule has 2 saturated heterocycles. The fraction of sp³-hybridized carbons (Fsp3) is 0.923. The van der Waals surface area contributed by atoms with E-state index in [9.17, 15) is 4.79 Å². The van der Waals surface area contributed by atoms with E-state index in [2.05, 4.69) is 19.2 Å². The Bertz CT molecular complexity index is 269. The van der Waals surface area contributed by atoms with Crippen molar-refractivity contribution in [2.45, 2.75) is 26.7 Å². The van der Waals surface area contributed by atoms with Crippen LogP contribution in [0.2, 0.25) is 0 Å². The van der Waals surface area contributed by atoms with E-state index in [0.717, 1.165) is 52.2 Å². The first-order valence-corrected chi connectivity index (χ1v) is 6.73. The van der Waals surface area contributed by atoms with Crippen LogP contribution < -0.4 is 5.32 Å². The number of nitrogens with zero attached hydrogens (tertiary/aromatic N) is 1. The smallest absolute Gasteiger partial charge is 0.229 e. The Morgan fingerprint density at radius 2 is 2.41 bits per heavy atom. The molecule has 1 N–H and O–H groups in total. The third kappa shape index (κ3) is 2.80. The van der Waals surface area contributed by atoms with Gasteiger partial charge >= 0.3 is 0 Å². The maximum atomic E-state index is 12.5. The first kappa shape index (κ1) is 12.8. The Labute approximate surface area is 104 Å². The van der Waals surface area contributed by atoms with E-state index in [1.807, 2.05) is 4.90 Å². The zero-order chi connectivity index (χ0) is 12.3. The highest BCUT2D eigenvalue weighted by Crippen LogP contribution is 2.28. The number of hydrogen-bond donors (Lipinski definition) is 1. The van der Waals surface area contributed by atoms with E-state index in [1.54, 1.807) is 0 Å². The fourth-order valence-electron chi connectivity index (χ4n) is 2.78. The number of nitrogens with one attached hydrogen (secondary N) is 1. The van der Waals surface area contributed by atoms with Gasteiger partial charge in [-0.25, -0.2) is 0 Å². The molecule has 0 spiro atoms. The maximum absolute atomic E-state index is 12.5. The summed E-state index contributed by atoms with van der Waals surface area (Å²) in [4.78, 5) is 14.6. The molecule has 2 aliphatic rings. The van der Waals surface area contributed by atoms with Gasteiger partial charge in [-0.05, 0) is 33.2 Å². The van der Waals surface area contributed by atoms with Crippen LogP contribution >= 0.6 is 0 Å². The van der Waals surface area contributed by atoms with Crippen molar-refractivity contribution in [2.75, 3.05) is 39.4 Å². The number of ether oxygens (including phenoxy) is 1. The standard InChI is InChI=1S/C13H24N2O2/c1-3-15(8-11-4-7-17-9-11)12(16)13(2)5-6-14-10-13/h11,14H,3-10H2,1-2H3. The molecular weight excluding hydrogens is 216 g/mol. The quantitative estimate of drug-likeness (QED) is 0.793. The summed E-state index contributed by atoms with van der Waals surface area (Å²) in [5.74, 6) is 0.855. The van der Waals surface area contributed by atoms with Gasteiger partial charge in [-0.1, -0.05) is 0 Å². The largest absolute Gasteiger partial charge is 0.381 e. The van der Waals surface area contributed by atoms with Gasteiger partial charge in [0.1, 0.15) is 0 Å². The molecule has 2 heterocycles. The lowest BCUT2D eigenvalue weighted by molar-refractivity contribution is -0.140. The predicted octanol–water partition coefficient (Wildman–Crippen LogP) is 0.871. The number of carbonyl (C=O) groups excluding carboxylic acids is 1. The number of carbonyl (C=O) groups is 1. The molecule has 2 aliphatic heterocycles. The molecule has 17 heavy (non-hydrogen) atoms. The average Bonchev–Trinajstić information content (AvgIpc) is 2.97. The first-order valence-electron chi connectivity index (χ1n) is 6.73. The monoisotopic (exact) mass is 240 g/mol. The summed E-state index contributed by atoms with van der Waals surface area (Å²) in [6.45, 7) is 9.29. The Morgan fingerprint density at radius 3 is 2.94 bits per heavy atom. The van der Waals surface area contributed by atoms with E-state index in [0.29, 0.717) is 11.8 Å². The van der Waals surface area contributed by atoms with Crippen LogP contribution in [0.3, 0.4) is 0 Å². The molecule has 4 heteroatoms. The normalized spacial score (nSPS) is 32.9. The van der Waals surface area contributed by atoms with E-state index < -0.39 is 0 Å². The molecule has 98 valence electrons. The molecule has 1 amide bonds. The van der Waals surface area contributed by atoms with Crippen molar-refractivity contribution < 1.29 is 9.53 Å². The Hall–Kier alpha value is -0.610. The van der Waals surface area contributed by atoms with Crippen molar-refractivity contribution in [2.24, 2.45) is 11.3 Å². The Kier molecular flexibility index (Phi) is 4.05. The van der Waals surface area contributed by atoms with Crippen LogP contribution in [-0.2, 0) is 9.53 Å².